The molecule has 1 aromatic rings. The molecule has 2 atom stereocenters. The standard InChI is InChI=1S/C18H23IO2/c1-5-14(2)9-6-7-12-18(3,17(20)21-4)15-10-8-11-16(19)13-15/h1,8,10-11,13-14H,6-7,9,12H2,2-4H3. The van der Waals surface area contributed by atoms with Crippen molar-refractivity contribution in [2.24, 2.45) is 5.92 Å². The molecule has 0 aliphatic carbocycles. The van der Waals surface area contributed by atoms with Crippen LogP contribution in [0.5, 0.6) is 0 Å². The van der Waals surface area contributed by atoms with E-state index in [2.05, 4.69) is 41.5 Å². The highest BCUT2D eigenvalue weighted by atomic mass is 127. The first-order chi connectivity index (χ1) is 9.93. The molecule has 0 N–H and O–H groups in total. The van der Waals surface area contributed by atoms with Gasteiger partial charge in [0.25, 0.3) is 0 Å². The van der Waals surface area contributed by atoms with Gasteiger partial charge in [-0.1, -0.05) is 31.9 Å². The fourth-order valence-electron chi connectivity index (χ4n) is 2.43. The molecule has 0 aromatic heterocycles. The zero-order valence-corrected chi connectivity index (χ0v) is 15.1. The first-order valence-electron chi connectivity index (χ1n) is 7.24. The molecule has 1 rings (SSSR count). The largest absolute Gasteiger partial charge is 0.468 e. The van der Waals surface area contributed by atoms with Crippen molar-refractivity contribution >= 4 is 28.6 Å². The Kier molecular flexibility index (Phi) is 7.24. The number of carbonyl (C=O) groups is 1. The summed E-state index contributed by atoms with van der Waals surface area (Å²) in [6, 6.07) is 8.07. The maximum Gasteiger partial charge on any atom is 0.315 e. The van der Waals surface area contributed by atoms with Crippen molar-refractivity contribution in [2.45, 2.75) is 44.9 Å². The van der Waals surface area contributed by atoms with Crippen LogP contribution in [0.15, 0.2) is 24.3 Å². The number of terminal acetylenes is 1. The highest BCUT2D eigenvalue weighted by molar-refractivity contribution is 14.1. The average molecular weight is 398 g/mol. The molecule has 0 saturated heterocycles. The molecule has 0 spiro atoms. The fourth-order valence-corrected chi connectivity index (χ4v) is 2.98. The van der Waals surface area contributed by atoms with Crippen molar-refractivity contribution in [3.63, 3.8) is 0 Å². The summed E-state index contributed by atoms with van der Waals surface area (Å²) in [6.45, 7) is 4.02. The quantitative estimate of drug-likeness (QED) is 0.292. The number of hydrogen-bond donors (Lipinski definition) is 0. The molecule has 21 heavy (non-hydrogen) atoms. The van der Waals surface area contributed by atoms with Gasteiger partial charge in [0.1, 0.15) is 0 Å². The van der Waals surface area contributed by atoms with Crippen LogP contribution in [0, 0.1) is 21.8 Å². The molecule has 0 heterocycles. The summed E-state index contributed by atoms with van der Waals surface area (Å²) in [5.74, 6) is 2.87. The first kappa shape index (κ1) is 18.0. The second-order valence-electron chi connectivity index (χ2n) is 5.65. The number of ether oxygens (including phenoxy) is 1. The molecule has 2 nitrogen and oxygen atoms in total. The molecular formula is C18H23IO2. The van der Waals surface area contributed by atoms with E-state index in [-0.39, 0.29) is 5.97 Å². The maximum atomic E-state index is 12.3. The first-order valence-corrected chi connectivity index (χ1v) is 8.32. The summed E-state index contributed by atoms with van der Waals surface area (Å²) in [7, 11) is 1.45. The number of methoxy groups -OCH3 is 1. The molecule has 0 bridgehead atoms. The van der Waals surface area contributed by atoms with Gasteiger partial charge in [0.15, 0.2) is 0 Å². The summed E-state index contributed by atoms with van der Waals surface area (Å²) in [4.78, 5) is 12.3. The van der Waals surface area contributed by atoms with Crippen LogP contribution in [0.2, 0.25) is 0 Å². The lowest BCUT2D eigenvalue weighted by Gasteiger charge is -2.27. The molecular weight excluding hydrogens is 375 g/mol. The van der Waals surface area contributed by atoms with Gasteiger partial charge in [-0.15, -0.1) is 12.3 Å². The van der Waals surface area contributed by atoms with Crippen LogP contribution in [0.25, 0.3) is 0 Å². The van der Waals surface area contributed by atoms with Crippen LogP contribution in [-0.2, 0) is 14.9 Å². The minimum absolute atomic E-state index is 0.172. The monoisotopic (exact) mass is 398 g/mol. The smallest absolute Gasteiger partial charge is 0.315 e. The van der Waals surface area contributed by atoms with E-state index in [4.69, 9.17) is 11.2 Å². The van der Waals surface area contributed by atoms with E-state index in [9.17, 15) is 4.79 Å². The summed E-state index contributed by atoms with van der Waals surface area (Å²) in [5.41, 5.74) is 0.432. The zero-order valence-electron chi connectivity index (χ0n) is 13.0. The predicted octanol–water partition coefficient (Wildman–Crippen LogP) is 4.55. The molecule has 0 aliphatic heterocycles. The van der Waals surface area contributed by atoms with Crippen molar-refractivity contribution in [3.8, 4) is 12.3 Å². The second-order valence-corrected chi connectivity index (χ2v) is 6.89. The highest BCUT2D eigenvalue weighted by Crippen LogP contribution is 2.32. The van der Waals surface area contributed by atoms with E-state index in [0.29, 0.717) is 5.92 Å². The molecule has 2 unspecified atom stereocenters. The van der Waals surface area contributed by atoms with Gasteiger partial charge in [-0.3, -0.25) is 4.79 Å². The lowest BCUT2D eigenvalue weighted by molar-refractivity contribution is -0.147. The minimum Gasteiger partial charge on any atom is -0.468 e. The Hall–Kier alpha value is -1.02. The van der Waals surface area contributed by atoms with E-state index >= 15 is 0 Å². The Balaban J connectivity index is 2.81. The number of halogens is 1. The van der Waals surface area contributed by atoms with Crippen LogP contribution in [0.4, 0.5) is 0 Å². The highest BCUT2D eigenvalue weighted by Gasteiger charge is 2.35. The third-order valence-electron chi connectivity index (χ3n) is 3.95. The number of carbonyl (C=O) groups excluding carboxylic acids is 1. The van der Waals surface area contributed by atoms with E-state index in [1.165, 1.54) is 7.11 Å². The predicted molar refractivity (Wildman–Crippen MR) is 95.0 cm³/mol. The Morgan fingerprint density at radius 2 is 2.19 bits per heavy atom. The second kappa shape index (κ2) is 8.43. The van der Waals surface area contributed by atoms with Gasteiger partial charge >= 0.3 is 5.97 Å². The average Bonchev–Trinajstić information content (AvgIpc) is 2.50. The Bertz CT molecular complexity index is 518. The van der Waals surface area contributed by atoms with E-state index < -0.39 is 5.41 Å². The summed E-state index contributed by atoms with van der Waals surface area (Å²) >= 11 is 2.27. The zero-order chi connectivity index (χ0) is 15.9. The molecule has 0 saturated carbocycles. The lowest BCUT2D eigenvalue weighted by atomic mass is 9.78. The molecule has 0 radical (unpaired) electrons. The number of unbranched alkanes of at least 4 members (excludes halogenated alkanes) is 1. The normalized spacial score (nSPS) is 14.8. The van der Waals surface area contributed by atoms with Crippen LogP contribution in [0.1, 0.15) is 45.1 Å². The van der Waals surface area contributed by atoms with Gasteiger partial charge in [-0.2, -0.15) is 0 Å². The van der Waals surface area contributed by atoms with Crippen LogP contribution >= 0.6 is 22.6 Å². The molecule has 0 aliphatic rings. The van der Waals surface area contributed by atoms with Gasteiger partial charge in [0, 0.05) is 9.49 Å². The third kappa shape index (κ3) is 5.03. The van der Waals surface area contributed by atoms with E-state index in [1.807, 2.05) is 25.1 Å². The van der Waals surface area contributed by atoms with Crippen molar-refractivity contribution in [2.75, 3.05) is 7.11 Å². The molecule has 0 fully saturated rings. The van der Waals surface area contributed by atoms with Crippen LogP contribution in [0.3, 0.4) is 0 Å². The Labute approximate surface area is 141 Å². The van der Waals surface area contributed by atoms with E-state index in [0.717, 1.165) is 34.8 Å². The van der Waals surface area contributed by atoms with Gasteiger partial charge in [0.05, 0.1) is 12.5 Å². The van der Waals surface area contributed by atoms with Gasteiger partial charge < -0.3 is 4.74 Å². The maximum absolute atomic E-state index is 12.3. The molecule has 1 aromatic carbocycles. The minimum atomic E-state index is -0.588. The van der Waals surface area contributed by atoms with Crippen molar-refractivity contribution in [1.82, 2.24) is 0 Å². The number of esters is 1. The SMILES string of the molecule is C#CC(C)CCCCC(C)(C(=O)OC)c1cccc(I)c1. The fraction of sp³-hybridized carbons (Fsp3) is 0.500. The van der Waals surface area contributed by atoms with Crippen molar-refractivity contribution in [3.05, 3.63) is 33.4 Å². The molecule has 114 valence electrons. The summed E-state index contributed by atoms with van der Waals surface area (Å²) in [5, 5.41) is 0. The topological polar surface area (TPSA) is 26.3 Å². The Morgan fingerprint density at radius 3 is 2.76 bits per heavy atom. The number of hydrogen-bond acceptors (Lipinski definition) is 2. The van der Waals surface area contributed by atoms with Crippen molar-refractivity contribution < 1.29 is 9.53 Å². The third-order valence-corrected chi connectivity index (χ3v) is 4.62. The van der Waals surface area contributed by atoms with Gasteiger partial charge in [-0.05, 0) is 60.1 Å². The van der Waals surface area contributed by atoms with Gasteiger partial charge in [0.2, 0.25) is 0 Å². The molecule has 3 heteroatoms. The van der Waals surface area contributed by atoms with Gasteiger partial charge in [-0.25, -0.2) is 0 Å². The summed E-state index contributed by atoms with van der Waals surface area (Å²) < 4.78 is 6.16. The van der Waals surface area contributed by atoms with E-state index in [1.54, 1.807) is 0 Å². The lowest BCUT2D eigenvalue weighted by Crippen LogP contribution is -2.34. The van der Waals surface area contributed by atoms with Crippen LogP contribution < -0.4 is 0 Å². The van der Waals surface area contributed by atoms with Crippen LogP contribution in [-0.4, -0.2) is 13.1 Å². The number of rotatable bonds is 7. The van der Waals surface area contributed by atoms with Crippen molar-refractivity contribution in [1.29, 1.82) is 0 Å². The summed E-state index contributed by atoms with van der Waals surface area (Å²) in [6.07, 6.45) is 9.16. The number of benzene rings is 1. The molecule has 0 amide bonds. The Morgan fingerprint density at radius 1 is 1.48 bits per heavy atom.